The molecule has 2 aromatic carbocycles. The van der Waals surface area contributed by atoms with E-state index in [2.05, 4.69) is 30.0 Å². The Kier molecular flexibility index (Phi) is 8.79. The van der Waals surface area contributed by atoms with E-state index in [0.29, 0.717) is 5.92 Å². The van der Waals surface area contributed by atoms with Gasteiger partial charge in [0, 0.05) is 18.5 Å². The number of carbonyl (C=O) groups is 3. The molecule has 6 nitrogen and oxygen atoms in total. The van der Waals surface area contributed by atoms with Gasteiger partial charge in [-0.15, -0.1) is 0 Å². The van der Waals surface area contributed by atoms with Crippen molar-refractivity contribution >= 4 is 23.4 Å². The first-order chi connectivity index (χ1) is 14.7. The monoisotopic (exact) mass is 423 g/mol. The number of carbonyl (C=O) groups excluding carboxylic acids is 3. The van der Waals surface area contributed by atoms with Gasteiger partial charge in [0.15, 0.2) is 0 Å². The average Bonchev–Trinajstić information content (AvgIpc) is 2.72. The fourth-order valence-electron chi connectivity index (χ4n) is 3.26. The lowest BCUT2D eigenvalue weighted by molar-refractivity contribution is -0.130. The highest BCUT2D eigenvalue weighted by molar-refractivity contribution is 5.94. The van der Waals surface area contributed by atoms with Crippen molar-refractivity contribution in [1.29, 1.82) is 0 Å². The third-order valence-corrected chi connectivity index (χ3v) is 5.08. The molecule has 0 bridgehead atoms. The number of nitrogens with one attached hydrogen (secondary N) is 3. The third-order valence-electron chi connectivity index (χ3n) is 5.08. The van der Waals surface area contributed by atoms with Crippen LogP contribution < -0.4 is 16.2 Å². The number of rotatable bonds is 8. The van der Waals surface area contributed by atoms with Crippen molar-refractivity contribution in [2.75, 3.05) is 5.32 Å². The second kappa shape index (κ2) is 11.3. The number of benzene rings is 2. The predicted molar refractivity (Wildman–Crippen MR) is 123 cm³/mol. The van der Waals surface area contributed by atoms with E-state index < -0.39 is 11.8 Å². The van der Waals surface area contributed by atoms with Gasteiger partial charge in [0.1, 0.15) is 0 Å². The smallest absolute Gasteiger partial charge is 0.245 e. The molecule has 0 heterocycles. The highest BCUT2D eigenvalue weighted by atomic mass is 16.2. The Morgan fingerprint density at radius 2 is 1.48 bits per heavy atom. The van der Waals surface area contributed by atoms with Gasteiger partial charge in [0.25, 0.3) is 0 Å². The zero-order valence-electron chi connectivity index (χ0n) is 19.0. The number of anilines is 1. The minimum Gasteiger partial charge on any atom is -0.326 e. The highest BCUT2D eigenvalue weighted by Gasteiger charge is 2.16. The van der Waals surface area contributed by atoms with Crippen LogP contribution in [0, 0.1) is 19.8 Å². The summed E-state index contributed by atoms with van der Waals surface area (Å²) in [5.41, 5.74) is 9.77. The highest BCUT2D eigenvalue weighted by Crippen LogP contribution is 2.18. The summed E-state index contributed by atoms with van der Waals surface area (Å²) in [6.45, 7) is 10.0. The van der Waals surface area contributed by atoms with Gasteiger partial charge in [0.05, 0.1) is 5.92 Å². The normalized spacial score (nSPS) is 11.7. The maximum Gasteiger partial charge on any atom is 0.245 e. The Hall–Kier alpha value is -3.15. The summed E-state index contributed by atoms with van der Waals surface area (Å²) >= 11 is 0. The molecule has 0 aliphatic heterocycles. The first-order valence-corrected chi connectivity index (χ1v) is 10.7. The van der Waals surface area contributed by atoms with Crippen molar-refractivity contribution < 1.29 is 14.4 Å². The summed E-state index contributed by atoms with van der Waals surface area (Å²) in [7, 11) is 0. The molecule has 0 aliphatic rings. The number of hydrogen-bond acceptors (Lipinski definition) is 3. The summed E-state index contributed by atoms with van der Waals surface area (Å²) in [4.78, 5) is 36.5. The van der Waals surface area contributed by atoms with Crippen LogP contribution in [0.5, 0.6) is 0 Å². The van der Waals surface area contributed by atoms with Crippen molar-refractivity contribution in [3.63, 3.8) is 0 Å². The Labute approximate surface area is 184 Å². The van der Waals surface area contributed by atoms with Crippen molar-refractivity contribution in [1.82, 2.24) is 10.9 Å². The lowest BCUT2D eigenvalue weighted by Crippen LogP contribution is -2.43. The third kappa shape index (κ3) is 7.89. The molecule has 31 heavy (non-hydrogen) atoms. The second-order valence-electron chi connectivity index (χ2n) is 8.47. The summed E-state index contributed by atoms with van der Waals surface area (Å²) in [6, 6.07) is 13.7. The minimum absolute atomic E-state index is 0.0185. The van der Waals surface area contributed by atoms with E-state index >= 15 is 0 Å². The van der Waals surface area contributed by atoms with Crippen LogP contribution in [0.3, 0.4) is 0 Å². The molecule has 0 aromatic heterocycles. The number of hydrogen-bond donors (Lipinski definition) is 3. The number of aryl methyl sites for hydroxylation is 2. The van der Waals surface area contributed by atoms with Crippen LogP contribution >= 0.6 is 0 Å². The molecular weight excluding hydrogens is 390 g/mol. The molecule has 3 N–H and O–H groups in total. The van der Waals surface area contributed by atoms with Gasteiger partial charge in [-0.1, -0.05) is 55.8 Å². The van der Waals surface area contributed by atoms with Gasteiger partial charge in [-0.05, 0) is 55.9 Å². The Bertz CT molecular complexity index is 920. The number of hydrazine groups is 1. The maximum absolute atomic E-state index is 12.3. The molecule has 0 aliphatic carbocycles. The van der Waals surface area contributed by atoms with Crippen LogP contribution in [0.1, 0.15) is 61.8 Å². The molecule has 2 aromatic rings. The van der Waals surface area contributed by atoms with Crippen LogP contribution in [0.25, 0.3) is 0 Å². The maximum atomic E-state index is 12.3. The van der Waals surface area contributed by atoms with Gasteiger partial charge < -0.3 is 5.32 Å². The molecule has 6 heteroatoms. The van der Waals surface area contributed by atoms with Crippen molar-refractivity contribution in [2.24, 2.45) is 5.92 Å². The molecule has 0 radical (unpaired) electrons. The first-order valence-electron chi connectivity index (χ1n) is 10.7. The van der Waals surface area contributed by atoms with Crippen molar-refractivity contribution in [3.8, 4) is 0 Å². The topological polar surface area (TPSA) is 87.3 Å². The van der Waals surface area contributed by atoms with Gasteiger partial charge in [0.2, 0.25) is 17.7 Å². The molecule has 0 fully saturated rings. The lowest BCUT2D eigenvalue weighted by Gasteiger charge is -2.14. The first kappa shape index (κ1) is 24.1. The van der Waals surface area contributed by atoms with Crippen LogP contribution in [-0.2, 0) is 20.8 Å². The Morgan fingerprint density at radius 3 is 2.10 bits per heavy atom. The Morgan fingerprint density at radius 1 is 0.839 bits per heavy atom. The van der Waals surface area contributed by atoms with Gasteiger partial charge in [-0.3, -0.25) is 25.2 Å². The zero-order valence-corrected chi connectivity index (χ0v) is 19.0. The predicted octanol–water partition coefficient (Wildman–Crippen LogP) is 4.17. The molecule has 1 unspecified atom stereocenters. The van der Waals surface area contributed by atoms with E-state index in [0.717, 1.165) is 28.8 Å². The summed E-state index contributed by atoms with van der Waals surface area (Å²) in [6.07, 6.45) is 1.01. The second-order valence-corrected chi connectivity index (χ2v) is 8.47. The zero-order chi connectivity index (χ0) is 23.0. The van der Waals surface area contributed by atoms with Crippen LogP contribution in [0.2, 0.25) is 0 Å². The van der Waals surface area contributed by atoms with E-state index in [1.807, 2.05) is 56.3 Å². The standard InChI is InChI=1S/C25H33N3O3/c1-16(2)14-20-7-9-21(10-8-20)19(5)25(31)28-27-24(30)13-12-23(29)26-22-11-6-17(3)15-18(22)4/h6-11,15-16,19H,12-14H2,1-5H3,(H,26,29)(H,27,30)(H,28,31). The van der Waals surface area contributed by atoms with E-state index in [4.69, 9.17) is 0 Å². The van der Waals surface area contributed by atoms with Gasteiger partial charge >= 0.3 is 0 Å². The van der Waals surface area contributed by atoms with Crippen LogP contribution in [-0.4, -0.2) is 17.7 Å². The molecule has 3 amide bonds. The molecule has 166 valence electrons. The van der Waals surface area contributed by atoms with E-state index in [-0.39, 0.29) is 24.7 Å². The fourth-order valence-corrected chi connectivity index (χ4v) is 3.26. The average molecular weight is 424 g/mol. The van der Waals surface area contributed by atoms with E-state index in [9.17, 15) is 14.4 Å². The minimum atomic E-state index is -0.413. The molecule has 2 rings (SSSR count). The van der Waals surface area contributed by atoms with E-state index in [1.165, 1.54) is 5.56 Å². The summed E-state index contributed by atoms with van der Waals surface area (Å²) in [5.74, 6) is -0.789. The van der Waals surface area contributed by atoms with Crippen molar-refractivity contribution in [2.45, 2.75) is 59.8 Å². The quantitative estimate of drug-likeness (QED) is 0.557. The molecule has 0 saturated heterocycles. The van der Waals surface area contributed by atoms with E-state index in [1.54, 1.807) is 6.92 Å². The Balaban J connectivity index is 1.75. The van der Waals surface area contributed by atoms with Crippen molar-refractivity contribution in [3.05, 3.63) is 64.7 Å². The fraction of sp³-hybridized carbons (Fsp3) is 0.400. The van der Waals surface area contributed by atoms with Gasteiger partial charge in [-0.25, -0.2) is 0 Å². The summed E-state index contributed by atoms with van der Waals surface area (Å²) < 4.78 is 0. The largest absolute Gasteiger partial charge is 0.326 e. The summed E-state index contributed by atoms with van der Waals surface area (Å²) in [5, 5.41) is 2.81. The number of amides is 3. The molecule has 0 spiro atoms. The lowest BCUT2D eigenvalue weighted by atomic mass is 9.96. The molecule has 0 saturated carbocycles. The van der Waals surface area contributed by atoms with Gasteiger partial charge in [-0.2, -0.15) is 0 Å². The SMILES string of the molecule is Cc1ccc(NC(=O)CCC(=O)NNC(=O)C(C)c2ccc(CC(C)C)cc2)c(C)c1. The van der Waals surface area contributed by atoms with Crippen LogP contribution in [0.15, 0.2) is 42.5 Å². The molecule has 1 atom stereocenters. The molecular formula is C25H33N3O3. The van der Waals surface area contributed by atoms with Crippen LogP contribution in [0.4, 0.5) is 5.69 Å².